The lowest BCUT2D eigenvalue weighted by molar-refractivity contribution is 0.578. The SMILES string of the molecule is Cc1ccccc1C(Br)C1CCS(=O)(=O)C1. The lowest BCUT2D eigenvalue weighted by atomic mass is 9.96. The highest BCUT2D eigenvalue weighted by atomic mass is 79.9. The van der Waals surface area contributed by atoms with Gasteiger partial charge in [-0.25, -0.2) is 8.42 Å². The Hall–Kier alpha value is -0.350. The van der Waals surface area contributed by atoms with E-state index in [0.29, 0.717) is 11.5 Å². The van der Waals surface area contributed by atoms with Crippen LogP contribution in [0.15, 0.2) is 24.3 Å². The topological polar surface area (TPSA) is 34.1 Å². The van der Waals surface area contributed by atoms with E-state index in [0.717, 1.165) is 6.42 Å². The third-order valence-electron chi connectivity index (χ3n) is 3.17. The molecule has 1 aliphatic rings. The minimum Gasteiger partial charge on any atom is -0.229 e. The van der Waals surface area contributed by atoms with E-state index in [2.05, 4.69) is 35.0 Å². The normalized spacial score (nSPS) is 25.5. The number of benzene rings is 1. The van der Waals surface area contributed by atoms with Crippen LogP contribution < -0.4 is 0 Å². The van der Waals surface area contributed by atoms with Crippen molar-refractivity contribution >= 4 is 25.8 Å². The van der Waals surface area contributed by atoms with E-state index < -0.39 is 9.84 Å². The summed E-state index contributed by atoms with van der Waals surface area (Å²) in [7, 11) is -2.79. The highest BCUT2D eigenvalue weighted by molar-refractivity contribution is 9.09. The van der Waals surface area contributed by atoms with Crippen LogP contribution in [-0.4, -0.2) is 19.9 Å². The van der Waals surface area contributed by atoms with Crippen molar-refractivity contribution in [3.63, 3.8) is 0 Å². The second-order valence-corrected chi connectivity index (χ2v) is 7.64. The fraction of sp³-hybridized carbons (Fsp3) is 0.500. The van der Waals surface area contributed by atoms with Crippen LogP contribution in [0.5, 0.6) is 0 Å². The second kappa shape index (κ2) is 4.49. The number of sulfone groups is 1. The number of rotatable bonds is 2. The number of hydrogen-bond acceptors (Lipinski definition) is 2. The van der Waals surface area contributed by atoms with Gasteiger partial charge >= 0.3 is 0 Å². The van der Waals surface area contributed by atoms with E-state index >= 15 is 0 Å². The number of aryl methyl sites for hydroxylation is 1. The molecule has 0 aliphatic carbocycles. The summed E-state index contributed by atoms with van der Waals surface area (Å²) < 4.78 is 22.9. The Morgan fingerprint density at radius 3 is 2.62 bits per heavy atom. The first-order chi connectivity index (χ1) is 7.49. The Balaban J connectivity index is 2.21. The summed E-state index contributed by atoms with van der Waals surface area (Å²) in [6.07, 6.45) is 0.770. The number of hydrogen-bond donors (Lipinski definition) is 0. The van der Waals surface area contributed by atoms with Gasteiger partial charge in [0.1, 0.15) is 0 Å². The molecule has 1 fully saturated rings. The van der Waals surface area contributed by atoms with Crippen LogP contribution in [0.2, 0.25) is 0 Å². The Bertz CT molecular complexity index is 482. The molecular weight excluding hydrogens is 288 g/mol. The van der Waals surface area contributed by atoms with Gasteiger partial charge in [-0.15, -0.1) is 0 Å². The summed E-state index contributed by atoms with van der Waals surface area (Å²) in [5, 5.41) is 0. The van der Waals surface area contributed by atoms with Gasteiger partial charge in [-0.05, 0) is 30.4 Å². The molecule has 1 aromatic carbocycles. The lowest BCUT2D eigenvalue weighted by Gasteiger charge is -2.18. The molecule has 0 saturated carbocycles. The summed E-state index contributed by atoms with van der Waals surface area (Å²) >= 11 is 3.65. The molecule has 1 saturated heterocycles. The summed E-state index contributed by atoms with van der Waals surface area (Å²) in [6.45, 7) is 2.06. The fourth-order valence-corrected chi connectivity index (χ4v) is 5.26. The van der Waals surface area contributed by atoms with Crippen molar-refractivity contribution in [2.45, 2.75) is 18.2 Å². The van der Waals surface area contributed by atoms with Crippen molar-refractivity contribution in [3.8, 4) is 0 Å². The van der Waals surface area contributed by atoms with Crippen LogP contribution in [0.4, 0.5) is 0 Å². The van der Waals surface area contributed by atoms with Gasteiger partial charge in [0.05, 0.1) is 11.5 Å². The van der Waals surface area contributed by atoms with Crippen LogP contribution in [0.3, 0.4) is 0 Å². The van der Waals surface area contributed by atoms with Gasteiger partial charge in [-0.3, -0.25) is 0 Å². The Morgan fingerprint density at radius 1 is 1.38 bits per heavy atom. The van der Waals surface area contributed by atoms with Crippen molar-refractivity contribution in [3.05, 3.63) is 35.4 Å². The molecule has 0 bridgehead atoms. The van der Waals surface area contributed by atoms with Crippen LogP contribution >= 0.6 is 15.9 Å². The molecule has 2 unspecified atom stereocenters. The summed E-state index contributed by atoms with van der Waals surface area (Å²) in [5.74, 6) is 0.870. The molecule has 1 aliphatic heterocycles. The maximum atomic E-state index is 11.4. The van der Waals surface area contributed by atoms with Crippen molar-refractivity contribution in [1.82, 2.24) is 0 Å². The standard InChI is InChI=1S/C12H15BrO2S/c1-9-4-2-3-5-11(9)12(13)10-6-7-16(14,15)8-10/h2-5,10,12H,6-8H2,1H3. The molecule has 0 amide bonds. The highest BCUT2D eigenvalue weighted by Gasteiger charge is 2.33. The zero-order chi connectivity index (χ0) is 11.8. The average Bonchev–Trinajstić information content (AvgIpc) is 2.59. The van der Waals surface area contributed by atoms with Crippen LogP contribution in [0.1, 0.15) is 22.4 Å². The number of halogens is 1. The molecule has 2 nitrogen and oxygen atoms in total. The quantitative estimate of drug-likeness (QED) is 0.787. The summed E-state index contributed by atoms with van der Waals surface area (Å²) in [4.78, 5) is 0.158. The van der Waals surface area contributed by atoms with Gasteiger partial charge in [-0.1, -0.05) is 40.2 Å². The molecule has 88 valence electrons. The molecule has 0 radical (unpaired) electrons. The predicted octanol–water partition coefficient (Wildman–Crippen LogP) is 2.87. The molecule has 1 heterocycles. The lowest BCUT2D eigenvalue weighted by Crippen LogP contribution is -2.10. The number of alkyl halides is 1. The molecule has 0 spiro atoms. The molecule has 0 N–H and O–H groups in total. The van der Waals surface area contributed by atoms with E-state index in [1.807, 2.05) is 12.1 Å². The average molecular weight is 303 g/mol. The molecule has 16 heavy (non-hydrogen) atoms. The van der Waals surface area contributed by atoms with E-state index in [1.54, 1.807) is 0 Å². The van der Waals surface area contributed by atoms with Crippen LogP contribution in [0.25, 0.3) is 0 Å². The first kappa shape index (κ1) is 12.1. The molecule has 1 aromatic rings. The largest absolute Gasteiger partial charge is 0.229 e. The Morgan fingerprint density at radius 2 is 2.06 bits per heavy atom. The maximum Gasteiger partial charge on any atom is 0.150 e. The van der Waals surface area contributed by atoms with E-state index in [9.17, 15) is 8.42 Å². The molecule has 0 aromatic heterocycles. The zero-order valence-corrected chi connectivity index (χ0v) is 11.6. The third kappa shape index (κ3) is 2.48. The van der Waals surface area contributed by atoms with Crippen molar-refractivity contribution in [2.75, 3.05) is 11.5 Å². The van der Waals surface area contributed by atoms with E-state index in [1.165, 1.54) is 11.1 Å². The van der Waals surface area contributed by atoms with Gasteiger partial charge in [-0.2, -0.15) is 0 Å². The fourth-order valence-electron chi connectivity index (χ4n) is 2.20. The van der Waals surface area contributed by atoms with Gasteiger partial charge < -0.3 is 0 Å². The minimum absolute atomic E-state index is 0.158. The second-order valence-electron chi connectivity index (χ2n) is 4.42. The van der Waals surface area contributed by atoms with Crippen molar-refractivity contribution in [2.24, 2.45) is 5.92 Å². The highest BCUT2D eigenvalue weighted by Crippen LogP contribution is 2.38. The van der Waals surface area contributed by atoms with Gasteiger partial charge in [0.2, 0.25) is 0 Å². The van der Waals surface area contributed by atoms with Crippen molar-refractivity contribution in [1.29, 1.82) is 0 Å². The van der Waals surface area contributed by atoms with Crippen LogP contribution in [0, 0.1) is 12.8 Å². The third-order valence-corrected chi connectivity index (χ3v) is 6.20. The minimum atomic E-state index is -2.79. The molecule has 2 rings (SSSR count). The summed E-state index contributed by atoms with van der Waals surface area (Å²) in [5.41, 5.74) is 2.43. The Kier molecular flexibility index (Phi) is 3.40. The molecular formula is C12H15BrO2S. The first-order valence-corrected chi connectivity index (χ1v) is 8.13. The monoisotopic (exact) mass is 302 g/mol. The van der Waals surface area contributed by atoms with Gasteiger partial charge in [0.15, 0.2) is 9.84 Å². The first-order valence-electron chi connectivity index (χ1n) is 5.39. The molecule has 4 heteroatoms. The summed E-state index contributed by atoms with van der Waals surface area (Å²) in [6, 6.07) is 8.14. The Labute approximate surface area is 105 Å². The van der Waals surface area contributed by atoms with Gasteiger partial charge in [0, 0.05) is 4.83 Å². The molecule has 2 atom stereocenters. The van der Waals surface area contributed by atoms with Crippen LogP contribution in [-0.2, 0) is 9.84 Å². The zero-order valence-electron chi connectivity index (χ0n) is 9.19. The van der Waals surface area contributed by atoms with E-state index in [-0.39, 0.29) is 10.7 Å². The van der Waals surface area contributed by atoms with Crippen molar-refractivity contribution < 1.29 is 8.42 Å². The smallest absolute Gasteiger partial charge is 0.150 e. The predicted molar refractivity (Wildman–Crippen MR) is 69.6 cm³/mol. The van der Waals surface area contributed by atoms with E-state index in [4.69, 9.17) is 0 Å². The maximum absolute atomic E-state index is 11.4. The van der Waals surface area contributed by atoms with Gasteiger partial charge in [0.25, 0.3) is 0 Å².